The molecule has 1 aliphatic carbocycles. The van der Waals surface area contributed by atoms with Crippen LogP contribution < -0.4 is 5.32 Å². The van der Waals surface area contributed by atoms with Crippen LogP contribution in [-0.2, 0) is 4.79 Å². The number of nitrogens with one attached hydrogen (secondary N) is 1. The average molecular weight is 242 g/mol. The highest BCUT2D eigenvalue weighted by Gasteiger charge is 2.48. The van der Waals surface area contributed by atoms with Gasteiger partial charge < -0.3 is 10.0 Å². The van der Waals surface area contributed by atoms with Crippen molar-refractivity contribution in [1.29, 1.82) is 0 Å². The summed E-state index contributed by atoms with van der Waals surface area (Å²) in [7, 11) is 4.07. The van der Waals surface area contributed by atoms with Gasteiger partial charge in [-0.1, -0.05) is 6.42 Å². The Hall–Kier alpha value is -0.610. The standard InChI is InChI=1S/C13H26N2O2/c1-10(2)14-13(12(16)17)8-5-6-11(13)7-9-15(3)4/h10-11,14H,5-9H2,1-4H3,(H,16,17). The molecule has 0 saturated heterocycles. The first-order chi connectivity index (χ1) is 7.88. The lowest BCUT2D eigenvalue weighted by atomic mass is 9.84. The Morgan fingerprint density at radius 3 is 2.65 bits per heavy atom. The maximum atomic E-state index is 11.6. The molecule has 0 heterocycles. The van der Waals surface area contributed by atoms with E-state index in [0.717, 1.165) is 32.2 Å². The second-order valence-electron chi connectivity index (χ2n) is 5.76. The molecule has 0 spiro atoms. The van der Waals surface area contributed by atoms with Crippen molar-refractivity contribution in [2.75, 3.05) is 20.6 Å². The highest BCUT2D eigenvalue weighted by Crippen LogP contribution is 2.38. The maximum Gasteiger partial charge on any atom is 0.324 e. The molecule has 0 aromatic rings. The van der Waals surface area contributed by atoms with Crippen LogP contribution in [0.2, 0.25) is 0 Å². The average Bonchev–Trinajstić information content (AvgIpc) is 2.58. The normalized spacial score (nSPS) is 29.2. The molecule has 0 aromatic heterocycles. The fourth-order valence-corrected chi connectivity index (χ4v) is 2.93. The number of carboxylic acids is 1. The minimum absolute atomic E-state index is 0.214. The Bertz CT molecular complexity index is 266. The summed E-state index contributed by atoms with van der Waals surface area (Å²) in [6.45, 7) is 5.00. The Morgan fingerprint density at radius 2 is 2.18 bits per heavy atom. The van der Waals surface area contributed by atoms with E-state index >= 15 is 0 Å². The number of hydrogen-bond acceptors (Lipinski definition) is 3. The molecule has 100 valence electrons. The zero-order valence-electron chi connectivity index (χ0n) is 11.5. The van der Waals surface area contributed by atoms with Crippen LogP contribution in [0.3, 0.4) is 0 Å². The second kappa shape index (κ2) is 5.83. The van der Waals surface area contributed by atoms with Crippen molar-refractivity contribution in [3.05, 3.63) is 0 Å². The van der Waals surface area contributed by atoms with Gasteiger partial charge in [0.1, 0.15) is 5.54 Å². The highest BCUT2D eigenvalue weighted by atomic mass is 16.4. The van der Waals surface area contributed by atoms with E-state index in [1.165, 1.54) is 0 Å². The molecule has 2 atom stereocenters. The van der Waals surface area contributed by atoms with Gasteiger partial charge in [-0.25, -0.2) is 0 Å². The van der Waals surface area contributed by atoms with Crippen LogP contribution in [0, 0.1) is 5.92 Å². The predicted molar refractivity (Wildman–Crippen MR) is 69.2 cm³/mol. The molecule has 1 rings (SSSR count). The molecule has 0 aliphatic heterocycles. The smallest absolute Gasteiger partial charge is 0.324 e. The van der Waals surface area contributed by atoms with Crippen LogP contribution in [-0.4, -0.2) is 48.2 Å². The van der Waals surface area contributed by atoms with Gasteiger partial charge in [-0.3, -0.25) is 10.1 Å². The van der Waals surface area contributed by atoms with Gasteiger partial charge in [0.2, 0.25) is 0 Å². The van der Waals surface area contributed by atoms with Crippen LogP contribution in [0.25, 0.3) is 0 Å². The molecule has 0 aromatic carbocycles. The molecule has 0 amide bonds. The quantitative estimate of drug-likeness (QED) is 0.742. The first-order valence-electron chi connectivity index (χ1n) is 6.54. The Morgan fingerprint density at radius 1 is 1.53 bits per heavy atom. The van der Waals surface area contributed by atoms with Gasteiger partial charge in [0.25, 0.3) is 0 Å². The van der Waals surface area contributed by atoms with Gasteiger partial charge >= 0.3 is 5.97 Å². The fraction of sp³-hybridized carbons (Fsp3) is 0.923. The second-order valence-corrected chi connectivity index (χ2v) is 5.76. The summed E-state index contributed by atoms with van der Waals surface area (Å²) in [5, 5.41) is 12.9. The van der Waals surface area contributed by atoms with Crippen molar-refractivity contribution in [2.45, 2.75) is 51.1 Å². The molecule has 0 radical (unpaired) electrons. The van der Waals surface area contributed by atoms with Gasteiger partial charge in [0, 0.05) is 6.04 Å². The molecule has 17 heavy (non-hydrogen) atoms. The molecule has 4 heteroatoms. The highest BCUT2D eigenvalue weighted by molar-refractivity contribution is 5.79. The van der Waals surface area contributed by atoms with Crippen molar-refractivity contribution in [3.63, 3.8) is 0 Å². The molecule has 4 nitrogen and oxygen atoms in total. The van der Waals surface area contributed by atoms with Gasteiger partial charge in [0.15, 0.2) is 0 Å². The summed E-state index contributed by atoms with van der Waals surface area (Å²) < 4.78 is 0. The molecule has 1 aliphatic rings. The van der Waals surface area contributed by atoms with E-state index in [2.05, 4.69) is 10.2 Å². The fourth-order valence-electron chi connectivity index (χ4n) is 2.93. The first-order valence-corrected chi connectivity index (χ1v) is 6.54. The molecular weight excluding hydrogens is 216 g/mol. The molecule has 2 unspecified atom stereocenters. The third-order valence-electron chi connectivity index (χ3n) is 3.67. The van der Waals surface area contributed by atoms with Gasteiger partial charge in [-0.2, -0.15) is 0 Å². The number of carboxylic acid groups (broad SMARTS) is 1. The molecule has 1 saturated carbocycles. The summed E-state index contributed by atoms with van der Waals surface area (Å²) >= 11 is 0. The molecule has 2 N–H and O–H groups in total. The lowest BCUT2D eigenvalue weighted by Crippen LogP contribution is -2.57. The first kappa shape index (κ1) is 14.5. The largest absolute Gasteiger partial charge is 0.480 e. The Kier molecular flexibility index (Phi) is 4.95. The number of aliphatic carboxylic acids is 1. The van der Waals surface area contributed by atoms with Gasteiger partial charge in [0.05, 0.1) is 0 Å². The summed E-state index contributed by atoms with van der Waals surface area (Å²) in [5.74, 6) is -0.419. The van der Waals surface area contributed by atoms with E-state index < -0.39 is 11.5 Å². The summed E-state index contributed by atoms with van der Waals surface area (Å²) in [5.41, 5.74) is -0.690. The van der Waals surface area contributed by atoms with Crippen molar-refractivity contribution in [2.24, 2.45) is 5.92 Å². The van der Waals surface area contributed by atoms with Crippen LogP contribution in [0.5, 0.6) is 0 Å². The van der Waals surface area contributed by atoms with Crippen LogP contribution in [0.1, 0.15) is 39.5 Å². The lowest BCUT2D eigenvalue weighted by molar-refractivity contribution is -0.147. The number of nitrogens with zero attached hydrogens (tertiary/aromatic N) is 1. The number of hydrogen-bond donors (Lipinski definition) is 2. The van der Waals surface area contributed by atoms with E-state index in [1.807, 2.05) is 27.9 Å². The van der Waals surface area contributed by atoms with Crippen molar-refractivity contribution in [3.8, 4) is 0 Å². The third kappa shape index (κ3) is 3.42. The zero-order valence-corrected chi connectivity index (χ0v) is 11.5. The van der Waals surface area contributed by atoms with E-state index in [9.17, 15) is 9.90 Å². The zero-order chi connectivity index (χ0) is 13.1. The van der Waals surface area contributed by atoms with Gasteiger partial charge in [-0.05, 0) is 59.7 Å². The molecule has 1 fully saturated rings. The minimum Gasteiger partial charge on any atom is -0.480 e. The van der Waals surface area contributed by atoms with E-state index in [0.29, 0.717) is 0 Å². The van der Waals surface area contributed by atoms with Crippen molar-refractivity contribution in [1.82, 2.24) is 10.2 Å². The van der Waals surface area contributed by atoms with Crippen molar-refractivity contribution >= 4 is 5.97 Å². The maximum absolute atomic E-state index is 11.6. The summed E-state index contributed by atoms with van der Waals surface area (Å²) in [6.07, 6.45) is 3.77. The third-order valence-corrected chi connectivity index (χ3v) is 3.67. The topological polar surface area (TPSA) is 52.6 Å². The number of rotatable bonds is 6. The lowest BCUT2D eigenvalue weighted by Gasteiger charge is -2.35. The summed E-state index contributed by atoms with van der Waals surface area (Å²) in [6, 6.07) is 0.214. The van der Waals surface area contributed by atoms with Crippen LogP contribution in [0.15, 0.2) is 0 Å². The van der Waals surface area contributed by atoms with Gasteiger partial charge in [-0.15, -0.1) is 0 Å². The molecular formula is C13H26N2O2. The predicted octanol–water partition coefficient (Wildman–Crippen LogP) is 1.56. The SMILES string of the molecule is CC(C)NC1(C(=O)O)CCCC1CCN(C)C. The van der Waals surface area contributed by atoms with E-state index in [1.54, 1.807) is 0 Å². The summed E-state index contributed by atoms with van der Waals surface area (Å²) in [4.78, 5) is 13.8. The van der Waals surface area contributed by atoms with E-state index in [4.69, 9.17) is 0 Å². The van der Waals surface area contributed by atoms with Crippen LogP contribution in [0.4, 0.5) is 0 Å². The number of carbonyl (C=O) groups is 1. The Balaban J connectivity index is 2.75. The molecule has 0 bridgehead atoms. The van der Waals surface area contributed by atoms with Crippen molar-refractivity contribution < 1.29 is 9.90 Å². The Labute approximate surface area is 104 Å². The monoisotopic (exact) mass is 242 g/mol. The minimum atomic E-state index is -0.690. The van der Waals surface area contributed by atoms with Crippen LogP contribution >= 0.6 is 0 Å². The van der Waals surface area contributed by atoms with E-state index in [-0.39, 0.29) is 12.0 Å².